The molecular weight excluding hydrogens is 250 g/mol. The topological polar surface area (TPSA) is 51.8 Å². The minimum absolute atomic E-state index is 0.420. The van der Waals surface area contributed by atoms with E-state index >= 15 is 0 Å². The summed E-state index contributed by atoms with van der Waals surface area (Å²) < 4.78 is 0. The van der Waals surface area contributed by atoms with Gasteiger partial charge in [0, 0.05) is 29.0 Å². The maximum Gasteiger partial charge on any atom is 0.144 e. The molecule has 5 heteroatoms. The number of nitrogens with two attached hydrogens (primary N) is 1. The first-order valence-corrected chi connectivity index (χ1v) is 8.18. The lowest BCUT2D eigenvalue weighted by molar-refractivity contribution is 0.630. The van der Waals surface area contributed by atoms with Crippen LogP contribution in [0.4, 0.5) is 5.82 Å². The second-order valence-corrected chi connectivity index (χ2v) is 7.14. The van der Waals surface area contributed by atoms with Gasteiger partial charge in [0.25, 0.3) is 0 Å². The van der Waals surface area contributed by atoms with Crippen LogP contribution in [0.2, 0.25) is 0 Å². The molecule has 2 N–H and O–H groups in total. The molecule has 94 valence electrons. The third-order valence-corrected chi connectivity index (χ3v) is 5.29. The van der Waals surface area contributed by atoms with Crippen molar-refractivity contribution in [2.75, 3.05) is 23.0 Å². The molecule has 1 aromatic heterocycles. The number of thioether (sulfide) groups is 2. The summed E-state index contributed by atoms with van der Waals surface area (Å²) in [6.07, 6.45) is 0.976. The van der Waals surface area contributed by atoms with Crippen molar-refractivity contribution >= 4 is 29.3 Å². The van der Waals surface area contributed by atoms with E-state index in [-0.39, 0.29) is 0 Å². The summed E-state index contributed by atoms with van der Waals surface area (Å²) in [5.41, 5.74) is 6.96. The maximum absolute atomic E-state index is 5.87. The smallest absolute Gasteiger partial charge is 0.144 e. The highest BCUT2D eigenvalue weighted by molar-refractivity contribution is 8.06. The van der Waals surface area contributed by atoms with Crippen LogP contribution in [0.5, 0.6) is 0 Å². The standard InChI is InChI=1S/C12H19N3S2/c1-8(2)5-9-6-11(13)15-12(14-9)10-7-16-3-4-17-10/h6,8,10H,3-5,7H2,1-2H3,(H2,13,14,15). The first-order chi connectivity index (χ1) is 8.15. The van der Waals surface area contributed by atoms with E-state index in [1.54, 1.807) is 0 Å². The largest absolute Gasteiger partial charge is 0.384 e. The molecule has 0 aliphatic carbocycles. The number of nitrogens with zero attached hydrogens (tertiary/aromatic N) is 2. The van der Waals surface area contributed by atoms with Crippen LogP contribution in [0, 0.1) is 5.92 Å². The Labute approximate surface area is 111 Å². The first kappa shape index (κ1) is 13.0. The van der Waals surface area contributed by atoms with Gasteiger partial charge in [0.15, 0.2) is 0 Å². The Hall–Kier alpha value is -0.420. The Bertz CT molecular complexity index is 376. The monoisotopic (exact) mass is 269 g/mol. The fourth-order valence-electron chi connectivity index (χ4n) is 1.84. The molecule has 1 unspecified atom stereocenters. The quantitative estimate of drug-likeness (QED) is 0.914. The molecule has 0 radical (unpaired) electrons. The zero-order valence-electron chi connectivity index (χ0n) is 10.3. The van der Waals surface area contributed by atoms with Crippen molar-refractivity contribution in [1.82, 2.24) is 9.97 Å². The molecule has 1 saturated heterocycles. The second kappa shape index (κ2) is 5.96. The summed E-state index contributed by atoms with van der Waals surface area (Å²) >= 11 is 3.93. The van der Waals surface area contributed by atoms with Crippen LogP contribution in [0.25, 0.3) is 0 Å². The molecule has 3 nitrogen and oxygen atoms in total. The van der Waals surface area contributed by atoms with Crippen LogP contribution in [0.1, 0.15) is 30.6 Å². The van der Waals surface area contributed by atoms with E-state index in [0.29, 0.717) is 17.0 Å². The molecule has 0 amide bonds. The predicted molar refractivity (Wildman–Crippen MR) is 77.5 cm³/mol. The molecule has 17 heavy (non-hydrogen) atoms. The Morgan fingerprint density at radius 2 is 2.24 bits per heavy atom. The minimum Gasteiger partial charge on any atom is -0.384 e. The van der Waals surface area contributed by atoms with Crippen LogP contribution in [0.15, 0.2) is 6.07 Å². The molecular formula is C12H19N3S2. The van der Waals surface area contributed by atoms with Gasteiger partial charge in [-0.15, -0.1) is 11.8 Å². The summed E-state index contributed by atoms with van der Waals surface area (Å²) in [7, 11) is 0. The van der Waals surface area contributed by atoms with Crippen LogP contribution in [-0.4, -0.2) is 27.2 Å². The Kier molecular flexibility index (Phi) is 4.56. The van der Waals surface area contributed by atoms with E-state index in [0.717, 1.165) is 23.7 Å². The molecule has 1 aromatic rings. The van der Waals surface area contributed by atoms with Gasteiger partial charge in [-0.1, -0.05) is 13.8 Å². The number of aromatic nitrogens is 2. The summed E-state index contributed by atoms with van der Waals surface area (Å²) in [5, 5.41) is 0.420. The second-order valence-electron chi connectivity index (χ2n) is 4.67. The molecule has 2 rings (SSSR count). The van der Waals surface area contributed by atoms with Crippen molar-refractivity contribution in [1.29, 1.82) is 0 Å². The average Bonchev–Trinajstić information content (AvgIpc) is 2.28. The van der Waals surface area contributed by atoms with Crippen LogP contribution in [0.3, 0.4) is 0 Å². The fourth-order valence-corrected chi connectivity index (χ4v) is 4.44. The van der Waals surface area contributed by atoms with Crippen molar-refractivity contribution < 1.29 is 0 Å². The van der Waals surface area contributed by atoms with Gasteiger partial charge in [0.05, 0.1) is 5.25 Å². The fraction of sp³-hybridized carbons (Fsp3) is 0.667. The Morgan fingerprint density at radius 1 is 1.41 bits per heavy atom. The molecule has 0 saturated carbocycles. The van der Waals surface area contributed by atoms with Gasteiger partial charge in [-0.05, 0) is 12.3 Å². The van der Waals surface area contributed by atoms with Crippen LogP contribution >= 0.6 is 23.5 Å². The van der Waals surface area contributed by atoms with Crippen molar-refractivity contribution in [3.05, 3.63) is 17.6 Å². The van der Waals surface area contributed by atoms with Crippen molar-refractivity contribution in [2.24, 2.45) is 5.92 Å². The highest BCUT2D eigenvalue weighted by Crippen LogP contribution is 2.35. The molecule has 1 atom stereocenters. The summed E-state index contributed by atoms with van der Waals surface area (Å²) in [6.45, 7) is 4.40. The van der Waals surface area contributed by atoms with Crippen LogP contribution < -0.4 is 5.73 Å². The Balaban J connectivity index is 2.18. The zero-order valence-corrected chi connectivity index (χ0v) is 12.0. The molecule has 2 heterocycles. The molecule has 0 aromatic carbocycles. The van der Waals surface area contributed by atoms with Crippen molar-refractivity contribution in [2.45, 2.75) is 25.5 Å². The van der Waals surface area contributed by atoms with Gasteiger partial charge in [-0.3, -0.25) is 0 Å². The molecule has 1 fully saturated rings. The first-order valence-electron chi connectivity index (χ1n) is 5.98. The maximum atomic E-state index is 5.87. The number of rotatable bonds is 3. The summed E-state index contributed by atoms with van der Waals surface area (Å²) in [4.78, 5) is 9.07. The normalized spacial score (nSPS) is 20.8. The van der Waals surface area contributed by atoms with Gasteiger partial charge in [0.1, 0.15) is 11.6 Å². The molecule has 1 aliphatic rings. The SMILES string of the molecule is CC(C)Cc1cc(N)nc(C2CSCCS2)n1. The number of hydrogen-bond acceptors (Lipinski definition) is 5. The zero-order chi connectivity index (χ0) is 12.3. The lowest BCUT2D eigenvalue weighted by Gasteiger charge is -2.20. The van der Waals surface area contributed by atoms with Gasteiger partial charge in [-0.2, -0.15) is 11.8 Å². The lowest BCUT2D eigenvalue weighted by atomic mass is 10.1. The number of nitrogen functional groups attached to an aromatic ring is 1. The van der Waals surface area contributed by atoms with E-state index in [4.69, 9.17) is 5.73 Å². The van der Waals surface area contributed by atoms with E-state index in [9.17, 15) is 0 Å². The van der Waals surface area contributed by atoms with Crippen molar-refractivity contribution in [3.63, 3.8) is 0 Å². The molecule has 0 spiro atoms. The lowest BCUT2D eigenvalue weighted by Crippen LogP contribution is -2.13. The van der Waals surface area contributed by atoms with Gasteiger partial charge in [0.2, 0.25) is 0 Å². The number of hydrogen-bond donors (Lipinski definition) is 1. The van der Waals surface area contributed by atoms with Crippen LogP contribution in [-0.2, 0) is 6.42 Å². The van der Waals surface area contributed by atoms with Crippen molar-refractivity contribution in [3.8, 4) is 0 Å². The van der Waals surface area contributed by atoms with Gasteiger partial charge < -0.3 is 5.73 Å². The predicted octanol–water partition coefficient (Wildman–Crippen LogP) is 2.78. The molecule has 1 aliphatic heterocycles. The van der Waals surface area contributed by atoms with Gasteiger partial charge >= 0.3 is 0 Å². The summed E-state index contributed by atoms with van der Waals surface area (Å²) in [5.74, 6) is 5.68. The van der Waals surface area contributed by atoms with E-state index in [2.05, 4.69) is 23.8 Å². The van der Waals surface area contributed by atoms with E-state index in [1.165, 1.54) is 11.5 Å². The third kappa shape index (κ3) is 3.78. The van der Waals surface area contributed by atoms with Gasteiger partial charge in [-0.25, -0.2) is 9.97 Å². The molecule has 0 bridgehead atoms. The highest BCUT2D eigenvalue weighted by Gasteiger charge is 2.20. The van der Waals surface area contributed by atoms with E-state index < -0.39 is 0 Å². The highest BCUT2D eigenvalue weighted by atomic mass is 32.2. The minimum atomic E-state index is 0.420. The summed E-state index contributed by atoms with van der Waals surface area (Å²) in [6, 6.07) is 1.91. The average molecular weight is 269 g/mol. The van der Waals surface area contributed by atoms with E-state index in [1.807, 2.05) is 29.6 Å². The Morgan fingerprint density at radius 3 is 2.88 bits per heavy atom. The number of anilines is 1. The third-order valence-electron chi connectivity index (χ3n) is 2.54.